The lowest BCUT2D eigenvalue weighted by molar-refractivity contribution is -0.133. The first kappa shape index (κ1) is 27.0. The van der Waals surface area contributed by atoms with Crippen molar-refractivity contribution in [3.05, 3.63) is 100 Å². The zero-order valence-electron chi connectivity index (χ0n) is 21.9. The molecule has 1 atom stereocenters. The van der Waals surface area contributed by atoms with Gasteiger partial charge in [-0.25, -0.2) is 9.37 Å². The molecule has 0 saturated heterocycles. The van der Waals surface area contributed by atoms with Gasteiger partial charge in [-0.3, -0.25) is 14.2 Å². The van der Waals surface area contributed by atoms with Crippen LogP contribution >= 0.6 is 0 Å². The zero-order chi connectivity index (χ0) is 27.1. The van der Waals surface area contributed by atoms with Crippen LogP contribution in [0.25, 0.3) is 16.6 Å². The molecule has 38 heavy (non-hydrogen) atoms. The molecule has 1 amide bonds. The van der Waals surface area contributed by atoms with Crippen LogP contribution in [0.3, 0.4) is 0 Å². The molecule has 4 rings (SSSR count). The Balaban J connectivity index is 1.79. The smallest absolute Gasteiger partial charge is 0.266 e. The average Bonchev–Trinajstić information content (AvgIpc) is 2.93. The van der Waals surface area contributed by atoms with Crippen LogP contribution in [0.2, 0.25) is 0 Å². The minimum atomic E-state index is -0.563. The van der Waals surface area contributed by atoms with Crippen molar-refractivity contribution in [2.45, 2.75) is 33.2 Å². The van der Waals surface area contributed by atoms with Crippen LogP contribution in [0, 0.1) is 5.82 Å². The van der Waals surface area contributed by atoms with E-state index in [0.29, 0.717) is 60.1 Å². The second-order valence-electron chi connectivity index (χ2n) is 8.82. The van der Waals surface area contributed by atoms with E-state index >= 15 is 0 Å². The molecule has 8 heteroatoms. The lowest BCUT2D eigenvalue weighted by Crippen LogP contribution is -2.40. The molecular weight excluding hydrogens is 485 g/mol. The quantitative estimate of drug-likeness (QED) is 0.259. The Kier molecular flexibility index (Phi) is 8.86. The fourth-order valence-corrected chi connectivity index (χ4v) is 4.40. The summed E-state index contributed by atoms with van der Waals surface area (Å²) in [6.07, 6.45) is 0.0810. The number of carbonyl (C=O) groups is 1. The van der Waals surface area contributed by atoms with E-state index in [0.717, 1.165) is 0 Å². The van der Waals surface area contributed by atoms with Crippen molar-refractivity contribution in [1.29, 1.82) is 0 Å². The largest absolute Gasteiger partial charge is 0.494 e. The molecule has 0 radical (unpaired) electrons. The van der Waals surface area contributed by atoms with E-state index in [-0.39, 0.29) is 23.7 Å². The molecular formula is C30H32FN3O4. The van der Waals surface area contributed by atoms with Crippen LogP contribution in [0.1, 0.15) is 38.2 Å². The summed E-state index contributed by atoms with van der Waals surface area (Å²) >= 11 is 0. The maximum absolute atomic E-state index is 13.8. The summed E-state index contributed by atoms with van der Waals surface area (Å²) in [5.41, 5.74) is 1.64. The SMILES string of the molecule is CCOCCN(C(=O)Cc1ccc(F)cc1)[C@H](C)c1nc2ccccc2c(=O)n1-c1ccc(OCC)cc1. The molecule has 0 bridgehead atoms. The Morgan fingerprint density at radius 2 is 1.71 bits per heavy atom. The maximum atomic E-state index is 13.8. The van der Waals surface area contributed by atoms with Crippen LogP contribution < -0.4 is 10.3 Å². The first-order valence-corrected chi connectivity index (χ1v) is 12.8. The van der Waals surface area contributed by atoms with Gasteiger partial charge >= 0.3 is 0 Å². The molecule has 0 aliphatic rings. The molecule has 198 valence electrons. The van der Waals surface area contributed by atoms with Crippen LogP contribution in [-0.4, -0.2) is 46.7 Å². The summed E-state index contributed by atoms with van der Waals surface area (Å²) in [6, 6.07) is 19.7. The Morgan fingerprint density at radius 3 is 2.39 bits per heavy atom. The van der Waals surface area contributed by atoms with Crippen molar-refractivity contribution >= 4 is 16.8 Å². The number of nitrogens with zero attached hydrogens (tertiary/aromatic N) is 3. The van der Waals surface area contributed by atoms with Gasteiger partial charge in [0.05, 0.1) is 42.3 Å². The fraction of sp³-hybridized carbons (Fsp3) is 0.300. The highest BCUT2D eigenvalue weighted by atomic mass is 19.1. The molecule has 0 saturated carbocycles. The lowest BCUT2D eigenvalue weighted by atomic mass is 10.1. The number of halogens is 1. The van der Waals surface area contributed by atoms with Gasteiger partial charge in [0.15, 0.2) is 0 Å². The predicted octanol–water partition coefficient (Wildman–Crippen LogP) is 5.09. The molecule has 3 aromatic carbocycles. The number of benzene rings is 3. The van der Waals surface area contributed by atoms with Gasteiger partial charge in [-0.2, -0.15) is 0 Å². The standard InChI is InChI=1S/C30H32FN3O4/c1-4-37-19-18-33(28(35)20-22-10-12-23(31)13-11-22)21(3)29-32-27-9-7-6-8-26(27)30(36)34(29)24-14-16-25(17-15-24)38-5-2/h6-17,21H,4-5,18-20H2,1-3H3/t21-/m1/s1. The number of carbonyl (C=O) groups excluding carboxylic acids is 1. The lowest BCUT2D eigenvalue weighted by Gasteiger charge is -2.30. The molecule has 0 fully saturated rings. The molecule has 1 aromatic heterocycles. The Bertz CT molecular complexity index is 1440. The van der Waals surface area contributed by atoms with Crippen molar-refractivity contribution < 1.29 is 18.7 Å². The number of ether oxygens (including phenoxy) is 2. The van der Waals surface area contributed by atoms with E-state index in [9.17, 15) is 14.0 Å². The summed E-state index contributed by atoms with van der Waals surface area (Å²) in [5.74, 6) is 0.592. The number of para-hydroxylation sites is 1. The predicted molar refractivity (Wildman–Crippen MR) is 145 cm³/mol. The number of hydrogen-bond donors (Lipinski definition) is 0. The van der Waals surface area contributed by atoms with Crippen LogP contribution in [0.4, 0.5) is 4.39 Å². The Hall–Kier alpha value is -4.04. The molecule has 0 unspecified atom stereocenters. The third-order valence-corrected chi connectivity index (χ3v) is 6.32. The molecule has 0 aliphatic heterocycles. The number of aromatic nitrogens is 2. The van der Waals surface area contributed by atoms with Gasteiger partial charge in [-0.1, -0.05) is 24.3 Å². The molecule has 0 spiro atoms. The van der Waals surface area contributed by atoms with Crippen LogP contribution in [0.15, 0.2) is 77.6 Å². The number of amides is 1. The second kappa shape index (κ2) is 12.5. The van der Waals surface area contributed by atoms with Crippen molar-refractivity contribution in [3.8, 4) is 11.4 Å². The maximum Gasteiger partial charge on any atom is 0.266 e. The Morgan fingerprint density at radius 1 is 1.00 bits per heavy atom. The average molecular weight is 518 g/mol. The highest BCUT2D eigenvalue weighted by molar-refractivity contribution is 5.80. The monoisotopic (exact) mass is 517 g/mol. The highest BCUT2D eigenvalue weighted by Crippen LogP contribution is 2.25. The summed E-state index contributed by atoms with van der Waals surface area (Å²) < 4.78 is 26.1. The normalized spacial score (nSPS) is 11.9. The highest BCUT2D eigenvalue weighted by Gasteiger charge is 2.27. The van der Waals surface area contributed by atoms with Gasteiger partial charge in [-0.15, -0.1) is 0 Å². The zero-order valence-corrected chi connectivity index (χ0v) is 21.9. The number of fused-ring (bicyclic) bond motifs is 1. The van der Waals surface area contributed by atoms with E-state index in [1.807, 2.05) is 39.0 Å². The van der Waals surface area contributed by atoms with Gasteiger partial charge in [0.25, 0.3) is 5.56 Å². The molecule has 0 N–H and O–H groups in total. The van der Waals surface area contributed by atoms with Gasteiger partial charge in [0.1, 0.15) is 17.4 Å². The summed E-state index contributed by atoms with van der Waals surface area (Å²) in [7, 11) is 0. The fourth-order valence-electron chi connectivity index (χ4n) is 4.40. The number of hydrogen-bond acceptors (Lipinski definition) is 5. The van der Waals surface area contributed by atoms with Crippen molar-refractivity contribution in [1.82, 2.24) is 14.5 Å². The molecule has 1 heterocycles. The third-order valence-electron chi connectivity index (χ3n) is 6.32. The third kappa shape index (κ3) is 6.08. The minimum absolute atomic E-state index is 0.0810. The van der Waals surface area contributed by atoms with Crippen molar-refractivity contribution in [3.63, 3.8) is 0 Å². The van der Waals surface area contributed by atoms with E-state index in [2.05, 4.69) is 0 Å². The van der Waals surface area contributed by atoms with E-state index < -0.39 is 6.04 Å². The van der Waals surface area contributed by atoms with Gasteiger partial charge in [-0.05, 0) is 74.9 Å². The molecule has 4 aromatic rings. The van der Waals surface area contributed by atoms with Gasteiger partial charge in [0.2, 0.25) is 5.91 Å². The van der Waals surface area contributed by atoms with E-state index in [1.54, 1.807) is 51.9 Å². The topological polar surface area (TPSA) is 73.7 Å². The summed E-state index contributed by atoms with van der Waals surface area (Å²) in [6.45, 7) is 7.34. The van der Waals surface area contributed by atoms with E-state index in [1.165, 1.54) is 12.1 Å². The second-order valence-corrected chi connectivity index (χ2v) is 8.82. The summed E-state index contributed by atoms with van der Waals surface area (Å²) in [5, 5.41) is 0.482. The minimum Gasteiger partial charge on any atom is -0.494 e. The molecule has 7 nitrogen and oxygen atoms in total. The van der Waals surface area contributed by atoms with Gasteiger partial charge in [0, 0.05) is 13.2 Å². The number of rotatable bonds is 11. The van der Waals surface area contributed by atoms with Gasteiger partial charge < -0.3 is 14.4 Å². The van der Waals surface area contributed by atoms with Crippen LogP contribution in [0.5, 0.6) is 5.75 Å². The van der Waals surface area contributed by atoms with Crippen molar-refractivity contribution in [2.75, 3.05) is 26.4 Å². The van der Waals surface area contributed by atoms with E-state index in [4.69, 9.17) is 14.5 Å². The first-order chi connectivity index (χ1) is 18.4. The molecule has 0 aliphatic carbocycles. The van der Waals surface area contributed by atoms with Crippen LogP contribution in [-0.2, 0) is 16.0 Å². The van der Waals surface area contributed by atoms with Crippen molar-refractivity contribution in [2.24, 2.45) is 0 Å². The first-order valence-electron chi connectivity index (χ1n) is 12.8. The summed E-state index contributed by atoms with van der Waals surface area (Å²) in [4.78, 5) is 33.9. The Labute approximate surface area is 221 Å².